The summed E-state index contributed by atoms with van der Waals surface area (Å²) in [6, 6.07) is -0.708. The largest absolute Gasteiger partial charge is 0.508 e. The van der Waals surface area contributed by atoms with Crippen molar-refractivity contribution < 1.29 is 44.0 Å². The zero-order valence-electron chi connectivity index (χ0n) is 19.3. The first-order valence-electron chi connectivity index (χ1n) is 10.9. The minimum absolute atomic E-state index is 0.0903. The maximum atomic E-state index is 15.1. The number of carbonyl (C=O) groups is 4. The molecule has 0 spiro atoms. The maximum absolute atomic E-state index is 15.1. The number of nitrogens with one attached hydrogen (secondary N) is 1. The van der Waals surface area contributed by atoms with E-state index in [1.54, 1.807) is 14.1 Å². The molecule has 1 aromatic carbocycles. The molecule has 3 aliphatic rings. The van der Waals surface area contributed by atoms with Gasteiger partial charge in [-0.2, -0.15) is 0 Å². The van der Waals surface area contributed by atoms with Crippen molar-refractivity contribution in [2.45, 2.75) is 24.5 Å². The Morgan fingerprint density at radius 1 is 1.25 bits per heavy atom. The lowest BCUT2D eigenvalue weighted by molar-refractivity contribution is -0.149. The van der Waals surface area contributed by atoms with E-state index in [0.717, 1.165) is 6.07 Å². The van der Waals surface area contributed by atoms with Crippen LogP contribution in [0.2, 0.25) is 0 Å². The number of aromatic hydroxyl groups is 1. The summed E-state index contributed by atoms with van der Waals surface area (Å²) in [4.78, 5) is 51.5. The van der Waals surface area contributed by atoms with Crippen LogP contribution in [0, 0.1) is 17.7 Å². The second kappa shape index (κ2) is 8.40. The Kier molecular flexibility index (Phi) is 5.90. The highest BCUT2D eigenvalue weighted by atomic mass is 19.1. The molecule has 0 bridgehead atoms. The third-order valence-corrected chi connectivity index (χ3v) is 6.93. The number of hydrogen-bond donors (Lipinski definition) is 7. The first-order valence-corrected chi connectivity index (χ1v) is 10.9. The Morgan fingerprint density at radius 3 is 2.47 bits per heavy atom. The van der Waals surface area contributed by atoms with E-state index in [2.05, 4.69) is 5.32 Å². The SMILES string of the molecule is CN(C)CC(=O)Nc1cc(F)c2c(c1O)C(O)=C1C(=O)[C@]3(O)C(O)=C(C(N)=O)C(=O)[C@H](N)[C@@H]3CC1C2. The van der Waals surface area contributed by atoms with Gasteiger partial charge in [-0.05, 0) is 32.9 Å². The van der Waals surface area contributed by atoms with Crippen LogP contribution in [0.3, 0.4) is 0 Å². The molecule has 36 heavy (non-hydrogen) atoms. The smallest absolute Gasteiger partial charge is 0.255 e. The second-order valence-corrected chi connectivity index (χ2v) is 9.47. The van der Waals surface area contributed by atoms with Crippen LogP contribution in [-0.4, -0.2) is 81.0 Å². The predicted molar refractivity (Wildman–Crippen MR) is 122 cm³/mol. The summed E-state index contributed by atoms with van der Waals surface area (Å²) in [7, 11) is 3.24. The molecule has 1 aromatic rings. The first-order chi connectivity index (χ1) is 16.7. The average Bonchev–Trinajstić information content (AvgIpc) is 2.77. The van der Waals surface area contributed by atoms with Gasteiger partial charge in [0.05, 0.1) is 23.8 Å². The molecule has 2 amide bonds. The molecule has 1 saturated carbocycles. The van der Waals surface area contributed by atoms with Crippen molar-refractivity contribution in [1.82, 2.24) is 4.90 Å². The lowest BCUT2D eigenvalue weighted by Gasteiger charge is -2.48. The van der Waals surface area contributed by atoms with E-state index in [1.807, 2.05) is 0 Å². The molecule has 0 aromatic heterocycles. The normalized spacial score (nSPS) is 27.6. The first kappa shape index (κ1) is 25.3. The quantitative estimate of drug-likeness (QED) is 0.196. The molecule has 13 heteroatoms. The van der Waals surface area contributed by atoms with Crippen LogP contribution in [0.5, 0.6) is 5.75 Å². The van der Waals surface area contributed by atoms with Crippen LogP contribution in [0.15, 0.2) is 23.0 Å². The molecule has 4 atom stereocenters. The van der Waals surface area contributed by atoms with Crippen molar-refractivity contribution in [3.8, 4) is 5.75 Å². The van der Waals surface area contributed by atoms with Gasteiger partial charge >= 0.3 is 0 Å². The van der Waals surface area contributed by atoms with Crippen molar-refractivity contribution in [3.63, 3.8) is 0 Å². The van der Waals surface area contributed by atoms with Crippen LogP contribution in [0.1, 0.15) is 17.5 Å². The predicted octanol–water partition coefficient (Wildman–Crippen LogP) is -1.000. The zero-order valence-corrected chi connectivity index (χ0v) is 19.3. The summed E-state index contributed by atoms with van der Waals surface area (Å²) in [6.07, 6.45) is -0.474. The maximum Gasteiger partial charge on any atom is 0.255 e. The minimum atomic E-state index is -2.86. The number of likely N-dealkylation sites (N-methyl/N-ethyl adjacent to an activating group) is 1. The number of phenols is 1. The van der Waals surface area contributed by atoms with Gasteiger partial charge in [-0.15, -0.1) is 0 Å². The number of aliphatic hydroxyl groups excluding tert-OH is 2. The van der Waals surface area contributed by atoms with Crippen LogP contribution in [0.4, 0.5) is 10.1 Å². The molecular weight excluding hydrogens is 479 g/mol. The van der Waals surface area contributed by atoms with Gasteiger partial charge in [0.25, 0.3) is 5.91 Å². The minimum Gasteiger partial charge on any atom is -0.508 e. The molecule has 0 heterocycles. The van der Waals surface area contributed by atoms with Gasteiger partial charge in [-0.1, -0.05) is 0 Å². The summed E-state index contributed by atoms with van der Waals surface area (Å²) in [5, 5.41) is 46.0. The molecule has 0 saturated heterocycles. The van der Waals surface area contributed by atoms with Crippen LogP contribution in [-0.2, 0) is 25.6 Å². The number of aliphatic hydroxyl groups is 3. The van der Waals surface area contributed by atoms with Crippen molar-refractivity contribution in [1.29, 1.82) is 0 Å². The van der Waals surface area contributed by atoms with Crippen LogP contribution < -0.4 is 16.8 Å². The number of nitrogens with two attached hydrogens (primary N) is 2. The monoisotopic (exact) mass is 504 g/mol. The summed E-state index contributed by atoms with van der Waals surface area (Å²) < 4.78 is 15.1. The van der Waals surface area contributed by atoms with Gasteiger partial charge in [0.2, 0.25) is 11.7 Å². The van der Waals surface area contributed by atoms with E-state index >= 15 is 4.39 Å². The number of hydrogen-bond acceptors (Lipinski definition) is 10. The summed E-state index contributed by atoms with van der Waals surface area (Å²) >= 11 is 0. The summed E-state index contributed by atoms with van der Waals surface area (Å²) in [5.74, 6) is -10.4. The molecule has 3 aliphatic carbocycles. The fraction of sp³-hybridized carbons (Fsp3) is 0.391. The van der Waals surface area contributed by atoms with E-state index in [-0.39, 0.29) is 30.6 Å². The molecular formula is C23H25FN4O8. The fourth-order valence-electron chi connectivity index (χ4n) is 5.31. The standard InChI is InChI=1S/C23H25FN4O8/c1-28(2)6-12(29)27-11-5-10(24)8-3-7-4-9-16(25)19(32)15(22(26)35)21(34)23(9,36)20(33)13(7)18(31)14(8)17(11)30/h5,7,9,16,30-31,34,36H,3-4,6,25H2,1-2H3,(H2,26,35)(H,27,29)/t7?,9-,16+,23-/m0/s1. The Bertz CT molecular complexity index is 1300. The number of primary amides is 1. The molecule has 12 nitrogen and oxygen atoms in total. The summed E-state index contributed by atoms with van der Waals surface area (Å²) in [6.45, 7) is -0.0903. The average molecular weight is 504 g/mol. The van der Waals surface area contributed by atoms with E-state index < -0.39 is 86.7 Å². The number of nitrogens with zero attached hydrogens (tertiary/aromatic N) is 1. The lowest BCUT2D eigenvalue weighted by atomic mass is 9.58. The van der Waals surface area contributed by atoms with E-state index in [4.69, 9.17) is 11.5 Å². The number of halogens is 1. The number of benzene rings is 1. The molecule has 0 radical (unpaired) electrons. The Morgan fingerprint density at radius 2 is 1.89 bits per heavy atom. The third kappa shape index (κ3) is 3.46. The molecule has 0 aliphatic heterocycles. The van der Waals surface area contributed by atoms with E-state index in [0.29, 0.717) is 0 Å². The zero-order chi connectivity index (χ0) is 26.9. The number of ketones is 2. The molecule has 1 fully saturated rings. The number of carbonyl (C=O) groups excluding carboxylic acids is 4. The Balaban J connectivity index is 1.88. The van der Waals surface area contributed by atoms with Crippen LogP contribution >= 0.6 is 0 Å². The van der Waals surface area contributed by atoms with E-state index in [1.165, 1.54) is 4.90 Å². The van der Waals surface area contributed by atoms with Gasteiger partial charge < -0.3 is 42.1 Å². The van der Waals surface area contributed by atoms with E-state index in [9.17, 15) is 39.6 Å². The van der Waals surface area contributed by atoms with Gasteiger partial charge in [-0.3, -0.25) is 19.2 Å². The number of rotatable bonds is 4. The number of fused-ring (bicyclic) bond motifs is 3. The molecule has 192 valence electrons. The summed E-state index contributed by atoms with van der Waals surface area (Å²) in [5.41, 5.74) is 5.76. The third-order valence-electron chi connectivity index (χ3n) is 6.93. The van der Waals surface area contributed by atoms with Crippen molar-refractivity contribution in [2.75, 3.05) is 26.0 Å². The lowest BCUT2D eigenvalue weighted by Crippen LogP contribution is -2.65. The van der Waals surface area contributed by atoms with Gasteiger partial charge in [-0.25, -0.2) is 4.39 Å². The number of Topliss-reactive ketones (excluding diaryl/α,β-unsaturated/α-hetero) is 2. The molecule has 9 N–H and O–H groups in total. The van der Waals surface area contributed by atoms with Crippen LogP contribution in [0.25, 0.3) is 5.76 Å². The Hall–Kier alpha value is -3.81. The van der Waals surface area contributed by atoms with Gasteiger partial charge in [0, 0.05) is 23.1 Å². The molecule has 1 unspecified atom stereocenters. The topological polar surface area (TPSA) is 217 Å². The van der Waals surface area contributed by atoms with Gasteiger partial charge in [0.1, 0.15) is 22.9 Å². The van der Waals surface area contributed by atoms with Crippen molar-refractivity contribution in [2.24, 2.45) is 23.3 Å². The highest BCUT2D eigenvalue weighted by Crippen LogP contribution is 2.52. The van der Waals surface area contributed by atoms with Crippen molar-refractivity contribution in [3.05, 3.63) is 39.9 Å². The highest BCUT2D eigenvalue weighted by molar-refractivity contribution is 6.24. The fourth-order valence-corrected chi connectivity index (χ4v) is 5.31. The van der Waals surface area contributed by atoms with Crippen molar-refractivity contribution >= 4 is 34.8 Å². The molecule has 4 rings (SSSR count). The number of anilines is 1. The number of phenolic OH excluding ortho intramolecular Hbond substituents is 1. The number of amides is 2. The van der Waals surface area contributed by atoms with Gasteiger partial charge in [0.15, 0.2) is 17.1 Å². The Labute approximate surface area is 203 Å². The second-order valence-electron chi connectivity index (χ2n) is 9.47. The highest BCUT2D eigenvalue weighted by Gasteiger charge is 2.63.